The number of nitrogens with zero attached hydrogens (tertiary/aromatic N) is 1. The van der Waals surface area contributed by atoms with Crippen molar-refractivity contribution in [2.45, 2.75) is 51.3 Å². The summed E-state index contributed by atoms with van der Waals surface area (Å²) >= 11 is 0. The van der Waals surface area contributed by atoms with E-state index in [-0.39, 0.29) is 12.8 Å². The Hall–Kier alpha value is -0.120. The smallest absolute Gasteiger partial charge is 0.104 e. The molecule has 1 saturated carbocycles. The lowest BCUT2D eigenvalue weighted by atomic mass is 10.2. The molecule has 0 aromatic heterocycles. The predicted molar refractivity (Wildman–Crippen MR) is 52.3 cm³/mol. The van der Waals surface area contributed by atoms with E-state index < -0.39 is 0 Å². The number of hydrogen-bond acceptors (Lipinski definition) is 3. The summed E-state index contributed by atoms with van der Waals surface area (Å²) in [6.07, 6.45) is 5.38. The summed E-state index contributed by atoms with van der Waals surface area (Å²) < 4.78 is 0. The van der Waals surface area contributed by atoms with Crippen LogP contribution in [0.4, 0.5) is 0 Å². The normalized spacial score (nSPS) is 21.2. The Morgan fingerprint density at radius 2 is 2.00 bits per heavy atom. The topological polar surface area (TPSA) is 43.7 Å². The lowest BCUT2D eigenvalue weighted by Crippen LogP contribution is -2.41. The van der Waals surface area contributed by atoms with E-state index >= 15 is 0 Å². The SMILES string of the molecule is CC(O)N(CCCO)C1CCCC1. The van der Waals surface area contributed by atoms with Gasteiger partial charge in [-0.3, -0.25) is 4.90 Å². The molecule has 1 unspecified atom stereocenters. The molecule has 1 rings (SSSR count). The van der Waals surface area contributed by atoms with Crippen LogP contribution in [0.15, 0.2) is 0 Å². The van der Waals surface area contributed by atoms with E-state index in [0.29, 0.717) is 6.04 Å². The Morgan fingerprint density at radius 1 is 1.38 bits per heavy atom. The average Bonchev–Trinajstić information content (AvgIpc) is 2.57. The Kier molecular flexibility index (Phi) is 4.70. The van der Waals surface area contributed by atoms with E-state index in [1.54, 1.807) is 0 Å². The van der Waals surface area contributed by atoms with Gasteiger partial charge in [-0.1, -0.05) is 12.8 Å². The third kappa shape index (κ3) is 3.25. The first-order valence-electron chi connectivity index (χ1n) is 5.30. The van der Waals surface area contributed by atoms with E-state index in [4.69, 9.17) is 5.11 Å². The van der Waals surface area contributed by atoms with Crippen molar-refractivity contribution in [3.63, 3.8) is 0 Å². The van der Waals surface area contributed by atoms with Crippen LogP contribution in [0.2, 0.25) is 0 Å². The first-order valence-corrected chi connectivity index (χ1v) is 5.30. The van der Waals surface area contributed by atoms with Gasteiger partial charge in [-0.05, 0) is 26.2 Å². The monoisotopic (exact) mass is 187 g/mol. The summed E-state index contributed by atoms with van der Waals surface area (Å²) in [5.41, 5.74) is 0. The van der Waals surface area contributed by atoms with Crippen LogP contribution in [0, 0.1) is 0 Å². The lowest BCUT2D eigenvalue weighted by Gasteiger charge is -2.31. The minimum Gasteiger partial charge on any atom is -0.396 e. The van der Waals surface area contributed by atoms with Crippen LogP contribution in [0.1, 0.15) is 39.0 Å². The highest BCUT2D eigenvalue weighted by Crippen LogP contribution is 2.24. The maximum atomic E-state index is 9.54. The molecule has 0 bridgehead atoms. The minimum atomic E-state index is -0.366. The second-order valence-electron chi connectivity index (χ2n) is 3.89. The molecule has 13 heavy (non-hydrogen) atoms. The number of hydrogen-bond donors (Lipinski definition) is 2. The molecular weight excluding hydrogens is 166 g/mol. The summed E-state index contributed by atoms with van der Waals surface area (Å²) in [4.78, 5) is 2.11. The van der Waals surface area contributed by atoms with Crippen LogP contribution < -0.4 is 0 Å². The van der Waals surface area contributed by atoms with Gasteiger partial charge < -0.3 is 10.2 Å². The first-order chi connectivity index (χ1) is 6.25. The van der Waals surface area contributed by atoms with Gasteiger partial charge in [0.05, 0.1) is 0 Å². The molecule has 1 fully saturated rings. The maximum absolute atomic E-state index is 9.54. The van der Waals surface area contributed by atoms with Crippen molar-refractivity contribution in [1.29, 1.82) is 0 Å². The fraction of sp³-hybridized carbons (Fsp3) is 1.00. The second kappa shape index (κ2) is 5.58. The van der Waals surface area contributed by atoms with E-state index in [9.17, 15) is 5.11 Å². The molecule has 1 aliphatic carbocycles. The van der Waals surface area contributed by atoms with E-state index in [2.05, 4.69) is 4.90 Å². The molecule has 0 aromatic rings. The van der Waals surface area contributed by atoms with Crippen LogP contribution in [-0.4, -0.2) is 40.5 Å². The number of aliphatic hydroxyl groups excluding tert-OH is 2. The van der Waals surface area contributed by atoms with Crippen molar-refractivity contribution < 1.29 is 10.2 Å². The van der Waals surface area contributed by atoms with Crippen molar-refractivity contribution in [1.82, 2.24) is 4.90 Å². The number of rotatable bonds is 5. The molecule has 2 N–H and O–H groups in total. The molecule has 0 spiro atoms. The Balaban J connectivity index is 2.36. The number of aliphatic hydroxyl groups is 2. The fourth-order valence-electron chi connectivity index (χ4n) is 2.16. The highest BCUT2D eigenvalue weighted by atomic mass is 16.3. The fourth-order valence-corrected chi connectivity index (χ4v) is 2.16. The van der Waals surface area contributed by atoms with Crippen LogP contribution in [0.3, 0.4) is 0 Å². The summed E-state index contributed by atoms with van der Waals surface area (Å²) in [6.45, 7) is 2.85. The van der Waals surface area contributed by atoms with E-state index in [1.165, 1.54) is 25.7 Å². The molecule has 0 heterocycles. The predicted octanol–water partition coefficient (Wildman–Crippen LogP) is 0.952. The zero-order chi connectivity index (χ0) is 9.68. The molecule has 78 valence electrons. The van der Waals surface area contributed by atoms with Gasteiger partial charge >= 0.3 is 0 Å². The van der Waals surface area contributed by atoms with Crippen LogP contribution in [0.5, 0.6) is 0 Å². The Morgan fingerprint density at radius 3 is 2.46 bits per heavy atom. The molecule has 0 amide bonds. The molecule has 0 radical (unpaired) electrons. The molecule has 0 saturated heterocycles. The van der Waals surface area contributed by atoms with Gasteiger partial charge in [-0.25, -0.2) is 0 Å². The quantitative estimate of drug-likeness (QED) is 0.630. The largest absolute Gasteiger partial charge is 0.396 e. The first kappa shape index (κ1) is 11.0. The van der Waals surface area contributed by atoms with Gasteiger partial charge in [-0.2, -0.15) is 0 Å². The Labute approximate surface area is 80.4 Å². The molecular formula is C10H21NO2. The van der Waals surface area contributed by atoms with E-state index in [1.807, 2.05) is 6.92 Å². The van der Waals surface area contributed by atoms with Gasteiger partial charge in [0.25, 0.3) is 0 Å². The maximum Gasteiger partial charge on any atom is 0.104 e. The molecule has 0 aliphatic heterocycles. The minimum absolute atomic E-state index is 0.218. The van der Waals surface area contributed by atoms with E-state index in [0.717, 1.165) is 13.0 Å². The Bertz CT molecular complexity index is 133. The molecule has 0 aromatic carbocycles. The zero-order valence-corrected chi connectivity index (χ0v) is 8.45. The molecule has 3 nitrogen and oxygen atoms in total. The summed E-state index contributed by atoms with van der Waals surface area (Å²) in [6, 6.07) is 0.548. The third-order valence-electron chi connectivity index (χ3n) is 2.85. The van der Waals surface area contributed by atoms with Crippen LogP contribution in [0.25, 0.3) is 0 Å². The van der Waals surface area contributed by atoms with Crippen molar-refractivity contribution in [3.05, 3.63) is 0 Å². The van der Waals surface area contributed by atoms with Crippen LogP contribution >= 0.6 is 0 Å². The van der Waals surface area contributed by atoms with Crippen molar-refractivity contribution in [2.75, 3.05) is 13.2 Å². The standard InChI is InChI=1S/C10H21NO2/c1-9(13)11(7-4-8-12)10-5-2-3-6-10/h9-10,12-13H,2-8H2,1H3. The highest BCUT2D eigenvalue weighted by molar-refractivity contribution is 4.77. The zero-order valence-electron chi connectivity index (χ0n) is 8.45. The van der Waals surface area contributed by atoms with Gasteiger partial charge in [0, 0.05) is 19.2 Å². The van der Waals surface area contributed by atoms with Crippen LogP contribution in [-0.2, 0) is 0 Å². The summed E-state index contributed by atoms with van der Waals surface area (Å²) in [5.74, 6) is 0. The van der Waals surface area contributed by atoms with Gasteiger partial charge in [0.2, 0.25) is 0 Å². The highest BCUT2D eigenvalue weighted by Gasteiger charge is 2.24. The van der Waals surface area contributed by atoms with Gasteiger partial charge in [0.1, 0.15) is 6.23 Å². The average molecular weight is 187 g/mol. The molecule has 1 atom stereocenters. The van der Waals surface area contributed by atoms with Crippen molar-refractivity contribution in [2.24, 2.45) is 0 Å². The van der Waals surface area contributed by atoms with Gasteiger partial charge in [-0.15, -0.1) is 0 Å². The summed E-state index contributed by atoms with van der Waals surface area (Å²) in [7, 11) is 0. The third-order valence-corrected chi connectivity index (χ3v) is 2.85. The van der Waals surface area contributed by atoms with Crippen molar-refractivity contribution >= 4 is 0 Å². The molecule has 3 heteroatoms. The van der Waals surface area contributed by atoms with Gasteiger partial charge in [0.15, 0.2) is 0 Å². The lowest BCUT2D eigenvalue weighted by molar-refractivity contribution is -0.0132. The summed E-state index contributed by atoms with van der Waals surface area (Å²) in [5, 5.41) is 18.3. The van der Waals surface area contributed by atoms with Crippen molar-refractivity contribution in [3.8, 4) is 0 Å². The molecule has 1 aliphatic rings. The second-order valence-corrected chi connectivity index (χ2v) is 3.89.